The second-order valence-electron chi connectivity index (χ2n) is 5.80. The Morgan fingerprint density at radius 1 is 1.29 bits per heavy atom. The van der Waals surface area contributed by atoms with Crippen LogP contribution in [0.1, 0.15) is 23.7 Å². The van der Waals surface area contributed by atoms with Crippen molar-refractivity contribution in [3.63, 3.8) is 0 Å². The van der Waals surface area contributed by atoms with Crippen LogP contribution in [-0.4, -0.2) is 28.8 Å². The van der Waals surface area contributed by atoms with Crippen molar-refractivity contribution < 1.29 is 9.53 Å². The molecule has 2 heterocycles. The minimum absolute atomic E-state index is 0.164. The number of esters is 1. The fraction of sp³-hybridized carbons (Fsp3) is 0.200. The average Bonchev–Trinajstić information content (AvgIpc) is 3.16. The summed E-state index contributed by atoms with van der Waals surface area (Å²) >= 11 is 7.18. The highest BCUT2D eigenvalue weighted by Crippen LogP contribution is 2.18. The number of hydrogen-bond acceptors (Lipinski definition) is 7. The van der Waals surface area contributed by atoms with E-state index >= 15 is 0 Å². The minimum atomic E-state index is -0.283. The molecule has 0 aliphatic heterocycles. The monoisotopic (exact) mass is 414 g/mol. The second kappa shape index (κ2) is 9.96. The lowest BCUT2D eigenvalue weighted by atomic mass is 10.1. The predicted octanol–water partition coefficient (Wildman–Crippen LogP) is 4.50. The third-order valence-electron chi connectivity index (χ3n) is 3.74. The molecular formula is C20H19ClN4O2S. The maximum absolute atomic E-state index is 11.5. The fourth-order valence-electron chi connectivity index (χ4n) is 2.38. The van der Waals surface area contributed by atoms with Gasteiger partial charge in [-0.2, -0.15) is 5.10 Å². The van der Waals surface area contributed by atoms with Crippen LogP contribution in [0.5, 0.6) is 0 Å². The van der Waals surface area contributed by atoms with Gasteiger partial charge in [0.15, 0.2) is 0 Å². The Bertz CT molecular complexity index is 940. The summed E-state index contributed by atoms with van der Waals surface area (Å²) in [4.78, 5) is 20.2. The molecule has 1 N–H and O–H groups in total. The molecule has 8 heteroatoms. The lowest BCUT2D eigenvalue weighted by Crippen LogP contribution is -2.07. The number of rotatable bonds is 8. The standard InChI is InChI=1S/C20H19ClN4O2S/c1-2-27-19(26)9-17-13-28-20(24-17)25-23-12-14-3-6-16(7-4-14)18-8-5-15(10-21)11-22-18/h3-8,11-13H,2,9-10H2,1H3,(H,24,25). The Hall–Kier alpha value is -2.77. The summed E-state index contributed by atoms with van der Waals surface area (Å²) in [5.41, 5.74) is 7.40. The molecule has 0 bridgehead atoms. The van der Waals surface area contributed by atoms with Crippen molar-refractivity contribution in [1.82, 2.24) is 9.97 Å². The summed E-state index contributed by atoms with van der Waals surface area (Å²) in [7, 11) is 0. The van der Waals surface area contributed by atoms with Gasteiger partial charge in [-0.15, -0.1) is 22.9 Å². The molecular weight excluding hydrogens is 396 g/mol. The van der Waals surface area contributed by atoms with Crippen LogP contribution in [0.25, 0.3) is 11.3 Å². The molecule has 3 rings (SSSR count). The number of benzene rings is 1. The number of thiazole rings is 1. The quantitative estimate of drug-likeness (QED) is 0.254. The molecule has 0 atom stereocenters. The highest BCUT2D eigenvalue weighted by atomic mass is 35.5. The van der Waals surface area contributed by atoms with E-state index in [1.165, 1.54) is 11.3 Å². The number of alkyl halides is 1. The normalized spacial score (nSPS) is 10.9. The molecule has 3 aromatic rings. The van der Waals surface area contributed by atoms with E-state index in [2.05, 4.69) is 20.5 Å². The van der Waals surface area contributed by atoms with Crippen LogP contribution in [0.4, 0.5) is 5.13 Å². The first kappa shape index (κ1) is 20.0. The second-order valence-corrected chi connectivity index (χ2v) is 6.93. The van der Waals surface area contributed by atoms with Gasteiger partial charge in [0.2, 0.25) is 5.13 Å². The first-order chi connectivity index (χ1) is 13.7. The van der Waals surface area contributed by atoms with Crippen LogP contribution in [0.2, 0.25) is 0 Å². The molecule has 144 valence electrons. The first-order valence-electron chi connectivity index (χ1n) is 8.68. The van der Waals surface area contributed by atoms with Gasteiger partial charge in [-0.1, -0.05) is 30.3 Å². The van der Waals surface area contributed by atoms with Crippen molar-refractivity contribution in [1.29, 1.82) is 0 Å². The summed E-state index contributed by atoms with van der Waals surface area (Å²) < 4.78 is 4.91. The lowest BCUT2D eigenvalue weighted by Gasteiger charge is -2.02. The first-order valence-corrected chi connectivity index (χ1v) is 10.1. The smallest absolute Gasteiger partial charge is 0.311 e. The lowest BCUT2D eigenvalue weighted by molar-refractivity contribution is -0.142. The topological polar surface area (TPSA) is 76.5 Å². The van der Waals surface area contributed by atoms with Crippen molar-refractivity contribution in [3.05, 3.63) is 64.8 Å². The van der Waals surface area contributed by atoms with Gasteiger partial charge >= 0.3 is 5.97 Å². The zero-order chi connectivity index (χ0) is 19.8. The summed E-state index contributed by atoms with van der Waals surface area (Å²) in [6.45, 7) is 2.15. The van der Waals surface area contributed by atoms with Gasteiger partial charge in [-0.3, -0.25) is 15.2 Å². The third-order valence-corrected chi connectivity index (χ3v) is 4.85. The van der Waals surface area contributed by atoms with Gasteiger partial charge < -0.3 is 4.74 Å². The molecule has 0 radical (unpaired) electrons. The van der Waals surface area contributed by atoms with E-state index in [9.17, 15) is 4.79 Å². The van der Waals surface area contributed by atoms with Crippen LogP contribution in [0.3, 0.4) is 0 Å². The zero-order valence-corrected chi connectivity index (χ0v) is 16.8. The Morgan fingerprint density at radius 2 is 2.11 bits per heavy atom. The van der Waals surface area contributed by atoms with E-state index in [1.807, 2.05) is 41.8 Å². The molecule has 0 unspecified atom stereocenters. The molecule has 6 nitrogen and oxygen atoms in total. The molecule has 28 heavy (non-hydrogen) atoms. The van der Waals surface area contributed by atoms with E-state index in [1.54, 1.807) is 19.3 Å². The number of nitrogens with zero attached hydrogens (tertiary/aromatic N) is 3. The van der Waals surface area contributed by atoms with Crippen molar-refractivity contribution in [3.8, 4) is 11.3 Å². The average molecular weight is 415 g/mol. The van der Waals surface area contributed by atoms with E-state index in [4.69, 9.17) is 16.3 Å². The number of aromatic nitrogens is 2. The van der Waals surface area contributed by atoms with Crippen LogP contribution in [0, 0.1) is 0 Å². The maximum atomic E-state index is 11.5. The third kappa shape index (κ3) is 5.61. The highest BCUT2D eigenvalue weighted by Gasteiger charge is 2.07. The van der Waals surface area contributed by atoms with E-state index in [0.29, 0.717) is 23.3 Å². The number of anilines is 1. The molecule has 0 saturated carbocycles. The molecule has 0 aliphatic rings. The van der Waals surface area contributed by atoms with Gasteiger partial charge in [0.1, 0.15) is 0 Å². The number of ether oxygens (including phenoxy) is 1. The molecule has 0 aliphatic carbocycles. The van der Waals surface area contributed by atoms with Crippen molar-refractivity contribution in [2.45, 2.75) is 19.2 Å². The van der Waals surface area contributed by atoms with Crippen molar-refractivity contribution in [2.75, 3.05) is 12.0 Å². The zero-order valence-electron chi connectivity index (χ0n) is 15.3. The number of carbonyl (C=O) groups is 1. The number of hydrazone groups is 1. The van der Waals surface area contributed by atoms with Crippen LogP contribution < -0.4 is 5.43 Å². The predicted molar refractivity (Wildman–Crippen MR) is 113 cm³/mol. The largest absolute Gasteiger partial charge is 0.466 e. The van der Waals surface area contributed by atoms with E-state index in [-0.39, 0.29) is 12.4 Å². The SMILES string of the molecule is CCOC(=O)Cc1csc(NN=Cc2ccc(-c3ccc(CCl)cn3)cc2)n1. The van der Waals surface area contributed by atoms with Gasteiger partial charge in [0, 0.05) is 23.0 Å². The molecule has 0 amide bonds. The number of nitrogens with one attached hydrogen (secondary N) is 1. The maximum Gasteiger partial charge on any atom is 0.311 e. The number of halogens is 1. The Morgan fingerprint density at radius 3 is 2.79 bits per heavy atom. The molecule has 0 saturated heterocycles. The fourth-order valence-corrected chi connectivity index (χ4v) is 3.19. The van der Waals surface area contributed by atoms with E-state index in [0.717, 1.165) is 22.4 Å². The Labute approximate surface area is 172 Å². The summed E-state index contributed by atoms with van der Waals surface area (Å²) in [6.07, 6.45) is 3.66. The summed E-state index contributed by atoms with van der Waals surface area (Å²) in [6, 6.07) is 11.8. The highest BCUT2D eigenvalue weighted by molar-refractivity contribution is 7.13. The molecule has 0 spiro atoms. The molecule has 1 aromatic carbocycles. The van der Waals surface area contributed by atoms with Crippen molar-refractivity contribution >= 4 is 40.3 Å². The van der Waals surface area contributed by atoms with Gasteiger partial charge in [-0.25, -0.2) is 4.98 Å². The van der Waals surface area contributed by atoms with Crippen LogP contribution in [0.15, 0.2) is 53.1 Å². The summed E-state index contributed by atoms with van der Waals surface area (Å²) in [5.74, 6) is 0.175. The number of carbonyl (C=O) groups excluding carboxylic acids is 1. The molecule has 0 fully saturated rings. The number of pyridine rings is 1. The minimum Gasteiger partial charge on any atom is -0.466 e. The Kier molecular flexibility index (Phi) is 7.11. The number of hydrogen-bond donors (Lipinski definition) is 1. The van der Waals surface area contributed by atoms with Crippen LogP contribution in [-0.2, 0) is 21.8 Å². The van der Waals surface area contributed by atoms with Gasteiger partial charge in [0.25, 0.3) is 0 Å². The van der Waals surface area contributed by atoms with Crippen LogP contribution >= 0.6 is 22.9 Å². The van der Waals surface area contributed by atoms with Gasteiger partial charge in [0.05, 0.1) is 30.6 Å². The summed E-state index contributed by atoms with van der Waals surface area (Å²) in [5, 5.41) is 6.62. The van der Waals surface area contributed by atoms with Gasteiger partial charge in [-0.05, 0) is 24.1 Å². The van der Waals surface area contributed by atoms with Crippen molar-refractivity contribution in [2.24, 2.45) is 5.10 Å². The van der Waals surface area contributed by atoms with E-state index < -0.39 is 0 Å². The Balaban J connectivity index is 1.56. The molecule has 2 aromatic heterocycles.